The quantitative estimate of drug-likeness (QED) is 0.349. The predicted octanol–water partition coefficient (Wildman–Crippen LogP) is 6.36. The van der Waals surface area contributed by atoms with E-state index in [0.29, 0.717) is 13.0 Å². The fourth-order valence-electron chi connectivity index (χ4n) is 5.15. The lowest BCUT2D eigenvalue weighted by atomic mass is 9.93. The topological polar surface area (TPSA) is 87.7 Å². The van der Waals surface area contributed by atoms with Crippen molar-refractivity contribution in [2.45, 2.75) is 130 Å². The van der Waals surface area contributed by atoms with Crippen LogP contribution in [0.1, 0.15) is 116 Å². The first-order valence-corrected chi connectivity index (χ1v) is 14.5. The van der Waals surface area contributed by atoms with E-state index in [1.165, 1.54) is 6.42 Å². The Morgan fingerprint density at radius 3 is 2.29 bits per heavy atom. The third kappa shape index (κ3) is 9.95. The fraction of sp³-hybridized carbons (Fsp3) is 0.710. The number of benzene rings is 1. The SMILES string of the molecule is CCCCN(C(=O)C(CC(C)C)NC(=O)OC(C)(C)C)C(C(=O)NC1CCCCC1)c1ccc(C)cc1C. The second-order valence-electron chi connectivity index (χ2n) is 12.3. The molecule has 3 amide bonds. The van der Waals surface area contributed by atoms with E-state index in [0.717, 1.165) is 55.2 Å². The number of rotatable bonds is 11. The Kier molecular flexibility index (Phi) is 12.1. The van der Waals surface area contributed by atoms with Crippen LogP contribution in [0.5, 0.6) is 0 Å². The van der Waals surface area contributed by atoms with Crippen LogP contribution in [0.4, 0.5) is 4.79 Å². The van der Waals surface area contributed by atoms with Gasteiger partial charge in [-0.05, 0) is 77.3 Å². The van der Waals surface area contributed by atoms with Crippen molar-refractivity contribution >= 4 is 17.9 Å². The molecule has 0 saturated heterocycles. The van der Waals surface area contributed by atoms with Gasteiger partial charge in [0.1, 0.15) is 17.7 Å². The minimum Gasteiger partial charge on any atom is -0.444 e. The van der Waals surface area contributed by atoms with Crippen molar-refractivity contribution in [2.24, 2.45) is 5.92 Å². The maximum Gasteiger partial charge on any atom is 0.408 e. The zero-order valence-corrected chi connectivity index (χ0v) is 25.0. The van der Waals surface area contributed by atoms with Crippen molar-refractivity contribution in [1.82, 2.24) is 15.5 Å². The van der Waals surface area contributed by atoms with Gasteiger partial charge in [-0.1, -0.05) is 70.2 Å². The van der Waals surface area contributed by atoms with Crippen LogP contribution in [0.3, 0.4) is 0 Å². The van der Waals surface area contributed by atoms with Crippen molar-refractivity contribution < 1.29 is 19.1 Å². The summed E-state index contributed by atoms with van der Waals surface area (Å²) >= 11 is 0. The fourth-order valence-corrected chi connectivity index (χ4v) is 5.15. The lowest BCUT2D eigenvalue weighted by Crippen LogP contribution is -2.54. The van der Waals surface area contributed by atoms with E-state index in [4.69, 9.17) is 4.74 Å². The third-order valence-corrected chi connectivity index (χ3v) is 6.96. The van der Waals surface area contributed by atoms with E-state index >= 15 is 0 Å². The van der Waals surface area contributed by atoms with E-state index in [1.54, 1.807) is 25.7 Å². The van der Waals surface area contributed by atoms with Crippen LogP contribution < -0.4 is 10.6 Å². The Bertz CT molecular complexity index is 932. The van der Waals surface area contributed by atoms with Gasteiger partial charge in [-0.25, -0.2) is 4.79 Å². The molecule has 0 aromatic heterocycles. The van der Waals surface area contributed by atoms with Crippen molar-refractivity contribution in [3.05, 3.63) is 34.9 Å². The number of alkyl carbamates (subject to hydrolysis) is 1. The van der Waals surface area contributed by atoms with Crippen LogP contribution in [0.25, 0.3) is 0 Å². The van der Waals surface area contributed by atoms with Gasteiger partial charge in [0.25, 0.3) is 0 Å². The van der Waals surface area contributed by atoms with Crippen LogP contribution in [-0.2, 0) is 14.3 Å². The third-order valence-electron chi connectivity index (χ3n) is 6.96. The van der Waals surface area contributed by atoms with Crippen LogP contribution in [0.2, 0.25) is 0 Å². The summed E-state index contributed by atoms with van der Waals surface area (Å²) in [5.74, 6) is -0.238. The molecule has 1 saturated carbocycles. The highest BCUT2D eigenvalue weighted by molar-refractivity contribution is 5.92. The first-order chi connectivity index (χ1) is 17.8. The second kappa shape index (κ2) is 14.5. The molecule has 1 aromatic rings. The summed E-state index contributed by atoms with van der Waals surface area (Å²) in [5.41, 5.74) is 2.23. The molecule has 1 fully saturated rings. The molecule has 2 atom stereocenters. The van der Waals surface area contributed by atoms with Gasteiger partial charge in [0.2, 0.25) is 11.8 Å². The summed E-state index contributed by atoms with van der Waals surface area (Å²) in [5, 5.41) is 6.11. The smallest absolute Gasteiger partial charge is 0.408 e. The van der Waals surface area contributed by atoms with Gasteiger partial charge in [0.05, 0.1) is 0 Å². The van der Waals surface area contributed by atoms with Crippen molar-refractivity contribution in [3.8, 4) is 0 Å². The first kappa shape index (κ1) is 31.6. The number of hydrogen-bond donors (Lipinski definition) is 2. The molecule has 2 rings (SSSR count). The van der Waals surface area contributed by atoms with E-state index < -0.39 is 23.8 Å². The molecule has 7 nitrogen and oxygen atoms in total. The molecule has 1 aliphatic rings. The van der Waals surface area contributed by atoms with Crippen LogP contribution in [0.15, 0.2) is 18.2 Å². The Labute approximate surface area is 230 Å². The summed E-state index contributed by atoms with van der Waals surface area (Å²) in [7, 11) is 0. The number of ether oxygens (including phenoxy) is 1. The standard InChI is InChI=1S/C31H51N3O4/c1-9-10-18-34(29(36)26(19-21(2)3)33-30(37)38-31(6,7)8)27(25-17-16-22(4)20-23(25)5)28(35)32-24-14-12-11-13-15-24/h16-17,20-21,24,26-27H,9-15,18-19H2,1-8H3,(H,32,35)(H,33,37). The van der Waals surface area contributed by atoms with Gasteiger partial charge in [0, 0.05) is 12.6 Å². The van der Waals surface area contributed by atoms with Crippen molar-refractivity contribution in [1.29, 1.82) is 0 Å². The van der Waals surface area contributed by atoms with E-state index in [1.807, 2.05) is 39.8 Å². The minimum absolute atomic E-state index is 0.124. The molecular weight excluding hydrogens is 478 g/mol. The number of aryl methyl sites for hydroxylation is 2. The van der Waals surface area contributed by atoms with Crippen LogP contribution in [-0.4, -0.2) is 47.0 Å². The number of hydrogen-bond acceptors (Lipinski definition) is 4. The number of nitrogens with zero attached hydrogens (tertiary/aromatic N) is 1. The van der Waals surface area contributed by atoms with Gasteiger partial charge >= 0.3 is 6.09 Å². The Morgan fingerprint density at radius 2 is 1.74 bits per heavy atom. The highest BCUT2D eigenvalue weighted by atomic mass is 16.6. The average Bonchev–Trinajstić information content (AvgIpc) is 2.81. The highest BCUT2D eigenvalue weighted by Gasteiger charge is 2.37. The monoisotopic (exact) mass is 529 g/mol. The molecule has 38 heavy (non-hydrogen) atoms. The molecule has 214 valence electrons. The number of amides is 3. The Balaban J connectivity index is 2.49. The van der Waals surface area contributed by atoms with E-state index in [9.17, 15) is 14.4 Å². The van der Waals surface area contributed by atoms with Crippen LogP contribution in [0, 0.1) is 19.8 Å². The minimum atomic E-state index is -0.794. The molecular formula is C31H51N3O4. The lowest BCUT2D eigenvalue weighted by Gasteiger charge is -2.36. The van der Waals surface area contributed by atoms with E-state index in [2.05, 4.69) is 23.6 Å². The molecule has 0 bridgehead atoms. The van der Waals surface area contributed by atoms with Crippen LogP contribution >= 0.6 is 0 Å². The number of nitrogens with one attached hydrogen (secondary N) is 2. The number of carbonyl (C=O) groups is 3. The lowest BCUT2D eigenvalue weighted by molar-refractivity contribution is -0.143. The Morgan fingerprint density at radius 1 is 1.08 bits per heavy atom. The van der Waals surface area contributed by atoms with Gasteiger partial charge in [-0.15, -0.1) is 0 Å². The van der Waals surface area contributed by atoms with Gasteiger partial charge in [0.15, 0.2) is 0 Å². The molecule has 1 aromatic carbocycles. The second-order valence-corrected chi connectivity index (χ2v) is 12.3. The van der Waals surface area contributed by atoms with E-state index in [-0.39, 0.29) is 23.8 Å². The molecule has 0 radical (unpaired) electrons. The van der Waals surface area contributed by atoms with Crippen molar-refractivity contribution in [2.75, 3.05) is 6.54 Å². The maximum atomic E-state index is 14.3. The summed E-state index contributed by atoms with van der Waals surface area (Å²) in [6.07, 6.45) is 6.79. The molecule has 0 aliphatic heterocycles. The normalized spacial score (nSPS) is 16.0. The molecule has 0 heterocycles. The largest absolute Gasteiger partial charge is 0.444 e. The highest BCUT2D eigenvalue weighted by Crippen LogP contribution is 2.29. The number of unbranched alkanes of at least 4 members (excludes halogenated alkanes) is 1. The predicted molar refractivity (Wildman–Crippen MR) is 153 cm³/mol. The average molecular weight is 530 g/mol. The zero-order chi connectivity index (χ0) is 28.5. The summed E-state index contributed by atoms with van der Waals surface area (Å²) < 4.78 is 5.49. The zero-order valence-electron chi connectivity index (χ0n) is 25.0. The summed E-state index contributed by atoms with van der Waals surface area (Å²) in [4.78, 5) is 42.7. The maximum absolute atomic E-state index is 14.3. The number of carbonyl (C=O) groups excluding carboxylic acids is 3. The van der Waals surface area contributed by atoms with Crippen molar-refractivity contribution in [3.63, 3.8) is 0 Å². The molecule has 2 unspecified atom stereocenters. The summed E-state index contributed by atoms with van der Waals surface area (Å²) in [6, 6.07) is 4.59. The molecule has 1 aliphatic carbocycles. The summed E-state index contributed by atoms with van der Waals surface area (Å²) in [6.45, 7) is 15.9. The molecule has 0 spiro atoms. The molecule has 7 heteroatoms. The first-order valence-electron chi connectivity index (χ1n) is 14.5. The molecule has 2 N–H and O–H groups in total. The van der Waals surface area contributed by atoms with Gasteiger partial charge in [-0.2, -0.15) is 0 Å². The van der Waals surface area contributed by atoms with Gasteiger partial charge < -0.3 is 20.3 Å². The Hall–Kier alpha value is -2.57. The van der Waals surface area contributed by atoms with Gasteiger partial charge in [-0.3, -0.25) is 9.59 Å².